The van der Waals surface area contributed by atoms with Gasteiger partial charge >= 0.3 is 0 Å². The number of H-pyrrole nitrogens is 1. The lowest BCUT2D eigenvalue weighted by molar-refractivity contribution is 1.04. The number of rotatable bonds is 4. The van der Waals surface area contributed by atoms with Crippen LogP contribution in [0.5, 0.6) is 0 Å². The second-order valence-electron chi connectivity index (χ2n) is 4.48. The average Bonchev–Trinajstić information content (AvgIpc) is 3.06. The summed E-state index contributed by atoms with van der Waals surface area (Å²) in [5.74, 6) is 1.52. The molecule has 1 aromatic carbocycles. The Morgan fingerprint density at radius 2 is 2.25 bits per heavy atom. The molecule has 0 fully saturated rings. The first kappa shape index (κ1) is 12.7. The molecular formula is C14H15N5S. The minimum absolute atomic E-state index is 0.710. The lowest BCUT2D eigenvalue weighted by atomic mass is 10.2. The van der Waals surface area contributed by atoms with Crippen molar-refractivity contribution in [3.63, 3.8) is 0 Å². The molecule has 5 nitrogen and oxygen atoms in total. The van der Waals surface area contributed by atoms with Crippen LogP contribution < -0.4 is 11.1 Å². The Hall–Kier alpha value is -2.34. The van der Waals surface area contributed by atoms with E-state index >= 15 is 0 Å². The maximum Gasteiger partial charge on any atom is 0.181 e. The topological polar surface area (TPSA) is 79.6 Å². The van der Waals surface area contributed by atoms with E-state index in [1.807, 2.05) is 42.6 Å². The summed E-state index contributed by atoms with van der Waals surface area (Å²) < 4.78 is 0. The molecule has 0 aliphatic heterocycles. The molecule has 0 atom stereocenters. The number of aromatic amines is 1. The van der Waals surface area contributed by atoms with Gasteiger partial charge in [0.15, 0.2) is 5.82 Å². The van der Waals surface area contributed by atoms with Gasteiger partial charge in [0, 0.05) is 21.8 Å². The van der Waals surface area contributed by atoms with Crippen LogP contribution in [0.3, 0.4) is 0 Å². The Morgan fingerprint density at radius 1 is 1.35 bits per heavy atom. The van der Waals surface area contributed by atoms with E-state index in [2.05, 4.69) is 20.5 Å². The van der Waals surface area contributed by atoms with Crippen LogP contribution in [-0.2, 0) is 6.54 Å². The molecule has 3 rings (SSSR count). The first-order valence-corrected chi connectivity index (χ1v) is 7.15. The minimum Gasteiger partial charge on any atom is -0.398 e. The molecular weight excluding hydrogens is 270 g/mol. The molecule has 102 valence electrons. The van der Waals surface area contributed by atoms with Crippen LogP contribution in [0.25, 0.3) is 11.4 Å². The zero-order chi connectivity index (χ0) is 13.9. The van der Waals surface area contributed by atoms with E-state index < -0.39 is 0 Å². The molecule has 0 radical (unpaired) electrons. The molecule has 2 aromatic heterocycles. The maximum absolute atomic E-state index is 5.87. The van der Waals surface area contributed by atoms with Gasteiger partial charge in [0.25, 0.3) is 0 Å². The van der Waals surface area contributed by atoms with Crippen LogP contribution in [0.2, 0.25) is 0 Å². The van der Waals surface area contributed by atoms with Gasteiger partial charge in [-0.2, -0.15) is 5.10 Å². The molecule has 0 aliphatic rings. The zero-order valence-corrected chi connectivity index (χ0v) is 11.9. The summed E-state index contributed by atoms with van der Waals surface area (Å²) in [7, 11) is 0. The van der Waals surface area contributed by atoms with Crippen LogP contribution in [0, 0.1) is 6.92 Å². The second kappa shape index (κ2) is 5.34. The van der Waals surface area contributed by atoms with Gasteiger partial charge in [0.1, 0.15) is 5.82 Å². The predicted octanol–water partition coefficient (Wildman–Crippen LogP) is 3.04. The Balaban J connectivity index is 1.76. The highest BCUT2D eigenvalue weighted by atomic mass is 32.1. The number of anilines is 2. The van der Waals surface area contributed by atoms with E-state index in [-0.39, 0.29) is 0 Å². The molecule has 0 saturated heterocycles. The van der Waals surface area contributed by atoms with Gasteiger partial charge in [-0.05, 0) is 30.5 Å². The number of aromatic nitrogens is 3. The van der Waals surface area contributed by atoms with E-state index in [9.17, 15) is 0 Å². The van der Waals surface area contributed by atoms with Gasteiger partial charge in [0.2, 0.25) is 0 Å². The Morgan fingerprint density at radius 3 is 2.95 bits per heavy atom. The van der Waals surface area contributed by atoms with E-state index in [0.717, 1.165) is 34.2 Å². The molecule has 0 spiro atoms. The van der Waals surface area contributed by atoms with E-state index in [1.54, 1.807) is 11.3 Å². The van der Waals surface area contributed by atoms with Crippen molar-refractivity contribution < 1.29 is 0 Å². The quantitative estimate of drug-likeness (QED) is 0.688. The third-order valence-corrected chi connectivity index (χ3v) is 3.89. The summed E-state index contributed by atoms with van der Waals surface area (Å²) in [6.07, 6.45) is 0. The van der Waals surface area contributed by atoms with E-state index in [4.69, 9.17) is 5.73 Å². The third-order valence-electron chi connectivity index (χ3n) is 2.95. The van der Waals surface area contributed by atoms with Crippen LogP contribution in [0.1, 0.15) is 10.7 Å². The molecule has 0 aliphatic carbocycles. The minimum atomic E-state index is 0.710. The highest BCUT2D eigenvalue weighted by Gasteiger charge is 2.05. The monoisotopic (exact) mass is 285 g/mol. The van der Waals surface area contributed by atoms with Crippen molar-refractivity contribution in [1.82, 2.24) is 15.2 Å². The summed E-state index contributed by atoms with van der Waals surface area (Å²) in [6, 6.07) is 9.96. The lowest BCUT2D eigenvalue weighted by Gasteiger charge is -2.06. The van der Waals surface area contributed by atoms with Gasteiger partial charge < -0.3 is 11.1 Å². The standard InChI is InChI=1S/C14H15N5S/c1-9-17-14(19-18-9)10-3-2-4-11(7-10)16-8-13-12(15)5-6-20-13/h2-7,16H,8,15H2,1H3,(H,17,18,19). The van der Waals surface area contributed by atoms with Crippen molar-refractivity contribution in [2.24, 2.45) is 0 Å². The van der Waals surface area contributed by atoms with Crippen LogP contribution in [-0.4, -0.2) is 15.2 Å². The van der Waals surface area contributed by atoms with Gasteiger partial charge in [-0.3, -0.25) is 5.10 Å². The number of hydrogen-bond donors (Lipinski definition) is 3. The van der Waals surface area contributed by atoms with Crippen LogP contribution >= 0.6 is 11.3 Å². The molecule has 0 bridgehead atoms. The highest BCUT2D eigenvalue weighted by molar-refractivity contribution is 7.10. The largest absolute Gasteiger partial charge is 0.398 e. The van der Waals surface area contributed by atoms with E-state index in [1.165, 1.54) is 0 Å². The second-order valence-corrected chi connectivity index (χ2v) is 5.48. The Labute approximate surface area is 120 Å². The summed E-state index contributed by atoms with van der Waals surface area (Å²) >= 11 is 1.66. The van der Waals surface area contributed by atoms with Gasteiger partial charge in [-0.1, -0.05) is 12.1 Å². The smallest absolute Gasteiger partial charge is 0.181 e. The number of nitrogens with zero attached hydrogens (tertiary/aromatic N) is 2. The SMILES string of the molecule is Cc1nc(-c2cccc(NCc3sccc3N)c2)n[nH]1. The molecule has 4 N–H and O–H groups in total. The Kier molecular flexibility index (Phi) is 3.39. The highest BCUT2D eigenvalue weighted by Crippen LogP contribution is 2.22. The van der Waals surface area contributed by atoms with Crippen molar-refractivity contribution in [1.29, 1.82) is 0 Å². The number of nitrogens with one attached hydrogen (secondary N) is 2. The first-order valence-electron chi connectivity index (χ1n) is 6.27. The lowest BCUT2D eigenvalue weighted by Crippen LogP contribution is -2.00. The molecule has 0 amide bonds. The third kappa shape index (κ3) is 2.65. The number of thiophene rings is 1. The normalized spacial score (nSPS) is 10.7. The molecule has 0 unspecified atom stereocenters. The Bertz CT molecular complexity index is 716. The first-order chi connectivity index (χ1) is 9.72. The fourth-order valence-corrected chi connectivity index (χ4v) is 2.66. The number of nitrogens with two attached hydrogens (primary N) is 1. The summed E-state index contributed by atoms with van der Waals surface area (Å²) in [5, 5.41) is 12.4. The van der Waals surface area contributed by atoms with Gasteiger partial charge in [-0.15, -0.1) is 11.3 Å². The van der Waals surface area contributed by atoms with Crippen LogP contribution in [0.15, 0.2) is 35.7 Å². The maximum atomic E-state index is 5.87. The van der Waals surface area contributed by atoms with Gasteiger partial charge in [0.05, 0.1) is 6.54 Å². The predicted molar refractivity (Wildman–Crippen MR) is 82.6 cm³/mol. The molecule has 20 heavy (non-hydrogen) atoms. The van der Waals surface area contributed by atoms with Crippen molar-refractivity contribution in [3.8, 4) is 11.4 Å². The summed E-state index contributed by atoms with van der Waals surface area (Å²) in [4.78, 5) is 5.48. The van der Waals surface area contributed by atoms with Crippen molar-refractivity contribution in [3.05, 3.63) is 46.4 Å². The number of aryl methyl sites for hydroxylation is 1. The zero-order valence-electron chi connectivity index (χ0n) is 11.1. The fraction of sp³-hybridized carbons (Fsp3) is 0.143. The number of hydrogen-bond acceptors (Lipinski definition) is 5. The summed E-state index contributed by atoms with van der Waals surface area (Å²) in [5.41, 5.74) is 8.72. The van der Waals surface area contributed by atoms with Crippen LogP contribution in [0.4, 0.5) is 11.4 Å². The van der Waals surface area contributed by atoms with E-state index in [0.29, 0.717) is 5.82 Å². The molecule has 6 heteroatoms. The fourth-order valence-electron chi connectivity index (χ4n) is 1.92. The molecule has 3 aromatic rings. The van der Waals surface area contributed by atoms with Crippen molar-refractivity contribution in [2.75, 3.05) is 11.1 Å². The molecule has 2 heterocycles. The average molecular weight is 285 g/mol. The number of nitrogen functional groups attached to an aromatic ring is 1. The van der Waals surface area contributed by atoms with Gasteiger partial charge in [-0.25, -0.2) is 4.98 Å². The van der Waals surface area contributed by atoms with Crippen molar-refractivity contribution in [2.45, 2.75) is 13.5 Å². The number of benzene rings is 1. The van der Waals surface area contributed by atoms with Crippen molar-refractivity contribution >= 4 is 22.7 Å². The molecule has 0 saturated carbocycles. The summed E-state index contributed by atoms with van der Waals surface area (Å²) in [6.45, 7) is 2.61.